The van der Waals surface area contributed by atoms with E-state index in [4.69, 9.17) is 19.8 Å². The van der Waals surface area contributed by atoms with Crippen LogP contribution in [0.1, 0.15) is 86.1 Å². The zero-order valence-electron chi connectivity index (χ0n) is 34.0. The van der Waals surface area contributed by atoms with E-state index < -0.39 is 5.97 Å². The summed E-state index contributed by atoms with van der Waals surface area (Å²) < 4.78 is 12.0. The molecule has 59 heavy (non-hydrogen) atoms. The number of fused-ring (bicyclic) bond motifs is 2. The summed E-state index contributed by atoms with van der Waals surface area (Å²) in [6.07, 6.45) is 9.86. The molecule has 5 heterocycles. The number of hydrogen-bond donors (Lipinski definition) is 4. The maximum atomic E-state index is 12.9. The van der Waals surface area contributed by atoms with Crippen LogP contribution in [-0.4, -0.2) is 98.9 Å². The van der Waals surface area contributed by atoms with E-state index in [-0.39, 0.29) is 46.8 Å². The number of halogens is 1. The molecule has 0 spiro atoms. The van der Waals surface area contributed by atoms with E-state index in [9.17, 15) is 20.1 Å². The molecule has 10 rings (SSSR count). The number of nitrogens with zero attached hydrogens (tertiary/aromatic N) is 8. The van der Waals surface area contributed by atoms with Gasteiger partial charge in [-0.2, -0.15) is 5.10 Å². The molecular formula is C43H52IN9O5S. The van der Waals surface area contributed by atoms with Gasteiger partial charge in [0.05, 0.1) is 47.9 Å². The average Bonchev–Trinajstić information content (AvgIpc) is 3.76. The Morgan fingerprint density at radius 2 is 1.76 bits per heavy atom. The van der Waals surface area contributed by atoms with Crippen molar-refractivity contribution >= 4 is 73.0 Å². The van der Waals surface area contributed by atoms with Gasteiger partial charge in [-0.1, -0.05) is 37.3 Å². The number of rotatable bonds is 14. The third kappa shape index (κ3) is 7.51. The average molecular weight is 934 g/mol. The van der Waals surface area contributed by atoms with Crippen molar-refractivity contribution in [2.45, 2.75) is 97.2 Å². The highest BCUT2D eigenvalue weighted by Crippen LogP contribution is 2.72. The van der Waals surface area contributed by atoms with Gasteiger partial charge < -0.3 is 30.3 Å². The number of carboxylic acids is 1. The van der Waals surface area contributed by atoms with E-state index in [1.807, 2.05) is 58.3 Å². The maximum Gasteiger partial charge on any atom is 0.355 e. The first-order chi connectivity index (χ1) is 28.2. The number of carbonyl (C=O) groups is 1. The van der Waals surface area contributed by atoms with Crippen LogP contribution in [0.25, 0.3) is 21.3 Å². The van der Waals surface area contributed by atoms with Gasteiger partial charge in [-0.15, -0.1) is 10.2 Å². The number of para-hydroxylation sites is 1. The lowest BCUT2D eigenvalue weighted by Crippen LogP contribution is -2.64. The SMILES string of the molecule is Cc1c(Nc2nc3ccccc3s2)nnc2c1CCCN2c1ccc(-c2cnn(C[C@]34C[C@]5(C)C[C@](C)(C3)C[C@@](OCCN(I)C(CO)CO)(C5)C4)c2C)c(C(=O)O)n1. The van der Waals surface area contributed by atoms with Crippen LogP contribution in [0, 0.1) is 30.1 Å². The molecule has 4 aromatic heterocycles. The summed E-state index contributed by atoms with van der Waals surface area (Å²) in [7, 11) is 0. The molecule has 4 bridgehead atoms. The number of carboxylic acid groups (broad SMARTS) is 1. The van der Waals surface area contributed by atoms with Crippen LogP contribution in [0.5, 0.6) is 0 Å². The van der Waals surface area contributed by atoms with Gasteiger partial charge in [0, 0.05) is 70.4 Å². The van der Waals surface area contributed by atoms with Gasteiger partial charge in [-0.05, 0) is 106 Å². The van der Waals surface area contributed by atoms with Crippen LogP contribution in [0.4, 0.5) is 22.6 Å². The number of hydrogen-bond acceptors (Lipinski definition) is 13. The van der Waals surface area contributed by atoms with Crippen molar-refractivity contribution in [3.05, 3.63) is 65.1 Å². The molecule has 0 saturated heterocycles. The summed E-state index contributed by atoms with van der Waals surface area (Å²) in [4.78, 5) is 24.4. The largest absolute Gasteiger partial charge is 0.476 e. The summed E-state index contributed by atoms with van der Waals surface area (Å²) in [5.41, 5.74) is 5.21. The minimum atomic E-state index is -1.10. The topological polar surface area (TPSA) is 175 Å². The Labute approximate surface area is 361 Å². The molecule has 0 radical (unpaired) electrons. The van der Waals surface area contributed by atoms with E-state index in [2.05, 4.69) is 56.9 Å². The Bertz CT molecular complexity index is 2370. The van der Waals surface area contributed by atoms with Crippen molar-refractivity contribution in [3.8, 4) is 11.1 Å². The highest BCUT2D eigenvalue weighted by atomic mass is 127. The first-order valence-corrected chi connectivity index (χ1v) is 22.3. The Morgan fingerprint density at radius 1 is 1.00 bits per heavy atom. The van der Waals surface area contributed by atoms with Crippen LogP contribution in [0.15, 0.2) is 42.6 Å². The molecule has 4 N–H and O–H groups in total. The van der Waals surface area contributed by atoms with Crippen molar-refractivity contribution in [2.24, 2.45) is 16.2 Å². The summed E-state index contributed by atoms with van der Waals surface area (Å²) in [5.74, 6) is 0.770. The van der Waals surface area contributed by atoms with Gasteiger partial charge in [0.15, 0.2) is 22.5 Å². The van der Waals surface area contributed by atoms with Crippen molar-refractivity contribution in [3.63, 3.8) is 0 Å². The molecule has 0 unspecified atom stereocenters. The monoisotopic (exact) mass is 933 g/mol. The molecule has 4 fully saturated rings. The molecule has 4 aliphatic carbocycles. The van der Waals surface area contributed by atoms with E-state index >= 15 is 0 Å². The molecular weight excluding hydrogens is 882 g/mol. The Morgan fingerprint density at radius 3 is 2.49 bits per heavy atom. The lowest BCUT2D eigenvalue weighted by Gasteiger charge is -2.69. The second kappa shape index (κ2) is 15.3. The van der Waals surface area contributed by atoms with E-state index in [0.29, 0.717) is 42.7 Å². The van der Waals surface area contributed by atoms with Crippen molar-refractivity contribution in [2.75, 3.05) is 43.1 Å². The van der Waals surface area contributed by atoms with Crippen LogP contribution in [-0.2, 0) is 17.7 Å². The molecule has 0 amide bonds. The fourth-order valence-corrected chi connectivity index (χ4v) is 13.4. The molecule has 4 atom stereocenters. The van der Waals surface area contributed by atoms with Gasteiger partial charge in [-0.25, -0.2) is 17.9 Å². The molecule has 1 aromatic carbocycles. The van der Waals surface area contributed by atoms with Gasteiger partial charge in [-0.3, -0.25) is 4.68 Å². The normalized spacial score (nSPS) is 26.0. The first-order valence-electron chi connectivity index (χ1n) is 20.6. The molecule has 4 saturated carbocycles. The zero-order chi connectivity index (χ0) is 41.3. The summed E-state index contributed by atoms with van der Waals surface area (Å²) in [5, 5.41) is 48.2. The zero-order valence-corrected chi connectivity index (χ0v) is 37.0. The van der Waals surface area contributed by atoms with Gasteiger partial charge >= 0.3 is 5.97 Å². The fourth-order valence-electron chi connectivity index (χ4n) is 12.0. The molecule has 16 heteroatoms. The molecule has 14 nitrogen and oxygen atoms in total. The molecule has 5 aromatic rings. The lowest BCUT2D eigenvalue weighted by atomic mass is 9.39. The second-order valence-electron chi connectivity index (χ2n) is 18.4. The first kappa shape index (κ1) is 40.6. The lowest BCUT2D eigenvalue weighted by molar-refractivity contribution is -0.248. The number of anilines is 4. The molecule has 1 aliphatic heterocycles. The Hall–Kier alpha value is -3.81. The summed E-state index contributed by atoms with van der Waals surface area (Å²) >= 11 is 3.74. The van der Waals surface area contributed by atoms with Crippen LogP contribution in [0.3, 0.4) is 0 Å². The minimum absolute atomic E-state index is 0.0165. The Balaban J connectivity index is 0.959. The quantitative estimate of drug-likeness (QED) is 0.0633. The molecule has 5 aliphatic rings. The van der Waals surface area contributed by atoms with Crippen molar-refractivity contribution in [1.29, 1.82) is 0 Å². The van der Waals surface area contributed by atoms with Gasteiger partial charge in [0.25, 0.3) is 0 Å². The highest BCUT2D eigenvalue weighted by Gasteiger charge is 2.66. The highest BCUT2D eigenvalue weighted by molar-refractivity contribution is 14.1. The number of aliphatic hydroxyl groups excluding tert-OH is 2. The van der Waals surface area contributed by atoms with Crippen LogP contribution < -0.4 is 10.2 Å². The predicted molar refractivity (Wildman–Crippen MR) is 236 cm³/mol. The number of benzene rings is 1. The van der Waals surface area contributed by atoms with E-state index in [0.717, 1.165) is 89.2 Å². The number of ether oxygens (including phenoxy) is 1. The van der Waals surface area contributed by atoms with Crippen LogP contribution in [0.2, 0.25) is 0 Å². The second-order valence-corrected chi connectivity index (χ2v) is 20.6. The van der Waals surface area contributed by atoms with E-state index in [1.165, 1.54) is 6.42 Å². The number of aromatic nitrogens is 6. The predicted octanol–water partition coefficient (Wildman–Crippen LogP) is 7.63. The van der Waals surface area contributed by atoms with E-state index in [1.54, 1.807) is 17.5 Å². The van der Waals surface area contributed by atoms with Gasteiger partial charge in [0.1, 0.15) is 5.82 Å². The number of nitrogens with one attached hydrogen (secondary N) is 1. The number of pyridine rings is 1. The number of aliphatic hydroxyl groups is 2. The Kier molecular flexibility index (Phi) is 10.5. The molecule has 312 valence electrons. The summed E-state index contributed by atoms with van der Waals surface area (Å²) in [6, 6.07) is 11.5. The minimum Gasteiger partial charge on any atom is -0.476 e. The van der Waals surface area contributed by atoms with Crippen LogP contribution >= 0.6 is 34.2 Å². The third-order valence-electron chi connectivity index (χ3n) is 13.3. The summed E-state index contributed by atoms with van der Waals surface area (Å²) in [6.45, 7) is 11.3. The van der Waals surface area contributed by atoms with Crippen molar-refractivity contribution in [1.82, 2.24) is 33.1 Å². The van der Waals surface area contributed by atoms with Crippen molar-refractivity contribution < 1.29 is 24.9 Å². The number of aromatic carboxylic acids is 1. The third-order valence-corrected chi connectivity index (χ3v) is 15.5. The number of thiazole rings is 1. The fraction of sp³-hybridized carbons (Fsp3) is 0.535. The smallest absolute Gasteiger partial charge is 0.355 e. The van der Waals surface area contributed by atoms with Gasteiger partial charge in [0.2, 0.25) is 0 Å². The maximum absolute atomic E-state index is 12.9. The standard InChI is InChI=1S/C43H52IN9O5S/c1-26-29-8-7-13-51(37(29)50-49-36(26)48-39-46-32-9-5-6-10-33(32)59-39)34-12-11-30(35(47-34)38(56)57)31-16-45-53(27(31)2)25-42-20-40(3)19-41(4,21-42)23-43(22-40,24-42)58-15-14-52(44)28(17-54)18-55/h5-6,9-12,16,28,54-55H,7-8,13-15,17-25H2,1-4H3,(H,56,57)(H,46,48,49)/t40-,41+,42+,43-.